The number of hydrogen-bond donors (Lipinski definition) is 0. The van der Waals surface area contributed by atoms with Crippen LogP contribution in [0.3, 0.4) is 0 Å². The molecule has 3 heteroatoms. The van der Waals surface area contributed by atoms with Gasteiger partial charge in [0.1, 0.15) is 0 Å². The minimum Gasteiger partial charge on any atom is -0.377 e. The lowest BCUT2D eigenvalue weighted by Crippen LogP contribution is -2.50. The maximum Gasteiger partial charge on any atom is 0.159 e. The molecule has 7 atom stereocenters. The number of allylic oxidation sites excluding steroid dienone is 3. The SMILES string of the molecule is CO[C@H]1C=C[C@@H](OC)[C@H]2C=C[C@H]3[C@H](CC(=O)C4=CCC[C@H]43)[C@H]21. The van der Waals surface area contributed by atoms with Gasteiger partial charge in [-0.15, -0.1) is 0 Å². The van der Waals surface area contributed by atoms with Crippen LogP contribution in [0, 0.1) is 29.6 Å². The van der Waals surface area contributed by atoms with Gasteiger partial charge in [0.05, 0.1) is 12.2 Å². The normalized spacial score (nSPS) is 46.0. The number of ketones is 1. The second-order valence-electron chi connectivity index (χ2n) is 7.04. The van der Waals surface area contributed by atoms with E-state index in [0.29, 0.717) is 41.8 Å². The molecule has 0 saturated heterocycles. The Balaban J connectivity index is 1.73. The maximum absolute atomic E-state index is 12.6. The third kappa shape index (κ3) is 1.99. The van der Waals surface area contributed by atoms with Crippen molar-refractivity contribution < 1.29 is 14.3 Å². The zero-order chi connectivity index (χ0) is 15.3. The molecule has 3 nitrogen and oxygen atoms in total. The number of carbonyl (C=O) groups is 1. The number of carbonyl (C=O) groups excluding carboxylic acids is 1. The molecule has 0 bridgehead atoms. The molecule has 1 saturated carbocycles. The first kappa shape index (κ1) is 14.4. The van der Waals surface area contributed by atoms with Crippen molar-refractivity contribution in [3.63, 3.8) is 0 Å². The molecule has 4 aliphatic rings. The molecule has 0 spiro atoms. The predicted molar refractivity (Wildman–Crippen MR) is 84.3 cm³/mol. The molecule has 0 aromatic heterocycles. The van der Waals surface area contributed by atoms with Gasteiger partial charge in [-0.3, -0.25) is 4.79 Å². The largest absolute Gasteiger partial charge is 0.377 e. The number of hydrogen-bond acceptors (Lipinski definition) is 3. The van der Waals surface area contributed by atoms with Crippen LogP contribution in [0.4, 0.5) is 0 Å². The van der Waals surface area contributed by atoms with Gasteiger partial charge in [-0.2, -0.15) is 0 Å². The number of Topliss-reactive ketones (excluding diaryl/α,β-unsaturated/α-hetero) is 1. The van der Waals surface area contributed by atoms with Crippen molar-refractivity contribution in [2.24, 2.45) is 29.6 Å². The van der Waals surface area contributed by atoms with Gasteiger partial charge in [-0.25, -0.2) is 0 Å². The fourth-order valence-electron chi connectivity index (χ4n) is 5.29. The Morgan fingerprint density at radius 2 is 1.73 bits per heavy atom. The van der Waals surface area contributed by atoms with Crippen LogP contribution >= 0.6 is 0 Å². The summed E-state index contributed by atoms with van der Waals surface area (Å²) in [5.74, 6) is 2.36. The maximum atomic E-state index is 12.6. The summed E-state index contributed by atoms with van der Waals surface area (Å²) in [7, 11) is 3.54. The number of fused-ring (bicyclic) bond motifs is 5. The molecule has 4 rings (SSSR count). The molecule has 0 N–H and O–H groups in total. The van der Waals surface area contributed by atoms with Crippen molar-refractivity contribution in [3.05, 3.63) is 36.0 Å². The summed E-state index contributed by atoms with van der Waals surface area (Å²) in [5.41, 5.74) is 1.10. The Morgan fingerprint density at radius 1 is 1.00 bits per heavy atom. The van der Waals surface area contributed by atoms with Gasteiger partial charge in [-0.1, -0.05) is 30.4 Å². The van der Waals surface area contributed by atoms with Gasteiger partial charge in [0.15, 0.2) is 5.78 Å². The van der Waals surface area contributed by atoms with Crippen molar-refractivity contribution in [1.82, 2.24) is 0 Å². The monoisotopic (exact) mass is 300 g/mol. The van der Waals surface area contributed by atoms with Crippen molar-refractivity contribution in [3.8, 4) is 0 Å². The van der Waals surface area contributed by atoms with Crippen LogP contribution in [-0.2, 0) is 14.3 Å². The Kier molecular flexibility index (Phi) is 3.58. The quantitative estimate of drug-likeness (QED) is 0.736. The van der Waals surface area contributed by atoms with Crippen LogP contribution in [0.25, 0.3) is 0 Å². The summed E-state index contributed by atoms with van der Waals surface area (Å²) in [4.78, 5) is 12.6. The summed E-state index contributed by atoms with van der Waals surface area (Å²) < 4.78 is 11.4. The average molecular weight is 300 g/mol. The van der Waals surface area contributed by atoms with Crippen LogP contribution in [0.5, 0.6) is 0 Å². The van der Waals surface area contributed by atoms with Gasteiger partial charge < -0.3 is 9.47 Å². The van der Waals surface area contributed by atoms with E-state index in [1.54, 1.807) is 14.2 Å². The minimum absolute atomic E-state index is 0.0913. The van der Waals surface area contributed by atoms with Crippen LogP contribution in [0.2, 0.25) is 0 Å². The van der Waals surface area contributed by atoms with E-state index in [1.807, 2.05) is 0 Å². The van der Waals surface area contributed by atoms with E-state index in [9.17, 15) is 4.79 Å². The molecule has 4 aliphatic carbocycles. The Labute approximate surface area is 132 Å². The molecule has 0 heterocycles. The molecule has 118 valence electrons. The van der Waals surface area contributed by atoms with Gasteiger partial charge in [0.2, 0.25) is 0 Å². The molecule has 22 heavy (non-hydrogen) atoms. The van der Waals surface area contributed by atoms with Crippen LogP contribution in [0.15, 0.2) is 36.0 Å². The van der Waals surface area contributed by atoms with Crippen LogP contribution in [-0.4, -0.2) is 32.2 Å². The summed E-state index contributed by atoms with van der Waals surface area (Å²) >= 11 is 0. The van der Waals surface area contributed by atoms with E-state index in [4.69, 9.17) is 9.47 Å². The lowest BCUT2D eigenvalue weighted by atomic mass is 9.57. The van der Waals surface area contributed by atoms with Crippen LogP contribution in [0.1, 0.15) is 19.3 Å². The third-order valence-corrected chi connectivity index (χ3v) is 6.23. The average Bonchev–Trinajstić information content (AvgIpc) is 3.04. The first-order valence-corrected chi connectivity index (χ1v) is 8.40. The molecule has 0 aliphatic heterocycles. The van der Waals surface area contributed by atoms with Crippen molar-refractivity contribution >= 4 is 5.78 Å². The summed E-state index contributed by atoms with van der Waals surface area (Å²) in [6.07, 6.45) is 14.2. The van der Waals surface area contributed by atoms with E-state index < -0.39 is 0 Å². The molecule has 0 unspecified atom stereocenters. The van der Waals surface area contributed by atoms with E-state index in [1.165, 1.54) is 0 Å². The van der Waals surface area contributed by atoms with Crippen molar-refractivity contribution in [2.45, 2.75) is 31.5 Å². The Morgan fingerprint density at radius 3 is 2.50 bits per heavy atom. The van der Waals surface area contributed by atoms with E-state index >= 15 is 0 Å². The predicted octanol–water partition coefficient (Wildman–Crippen LogP) is 2.93. The smallest absolute Gasteiger partial charge is 0.159 e. The zero-order valence-electron chi connectivity index (χ0n) is 13.3. The highest BCUT2D eigenvalue weighted by Crippen LogP contribution is 2.52. The van der Waals surface area contributed by atoms with Crippen molar-refractivity contribution in [2.75, 3.05) is 14.2 Å². The first-order chi connectivity index (χ1) is 10.7. The second-order valence-corrected chi connectivity index (χ2v) is 7.04. The molecule has 0 aromatic rings. The highest BCUT2D eigenvalue weighted by atomic mass is 16.5. The molecular formula is C19H24O3. The van der Waals surface area contributed by atoms with Gasteiger partial charge >= 0.3 is 0 Å². The fourth-order valence-corrected chi connectivity index (χ4v) is 5.29. The second kappa shape index (κ2) is 5.47. The first-order valence-electron chi connectivity index (χ1n) is 8.40. The molecule has 0 amide bonds. The lowest BCUT2D eigenvalue weighted by molar-refractivity contribution is -0.122. The van der Waals surface area contributed by atoms with Crippen LogP contribution < -0.4 is 0 Å². The zero-order valence-corrected chi connectivity index (χ0v) is 13.3. The lowest BCUT2D eigenvalue weighted by Gasteiger charge is -2.49. The number of ether oxygens (including phenoxy) is 2. The van der Waals surface area contributed by atoms with Gasteiger partial charge in [-0.05, 0) is 36.2 Å². The molecule has 0 aromatic carbocycles. The standard InChI is InChI=1S/C19H24O3/c1-21-17-8-9-18(22-2)19-14(17)7-6-12-11-4-3-5-13(11)16(20)10-15(12)19/h5-9,11-12,14-15,17-19H,3-4,10H2,1-2H3/t11-,12+,14+,15-,17+,18-,19-/m0/s1. The third-order valence-electron chi connectivity index (χ3n) is 6.23. The number of rotatable bonds is 2. The fraction of sp³-hybridized carbons (Fsp3) is 0.632. The Bertz CT molecular complexity index is 559. The minimum atomic E-state index is 0.0913. The Hall–Kier alpha value is -1.19. The number of methoxy groups -OCH3 is 2. The van der Waals surface area contributed by atoms with Crippen molar-refractivity contribution in [1.29, 1.82) is 0 Å². The summed E-state index contributed by atoms with van der Waals surface area (Å²) in [6, 6.07) is 0. The van der Waals surface area contributed by atoms with E-state index in [0.717, 1.165) is 18.4 Å². The van der Waals surface area contributed by atoms with E-state index in [2.05, 4.69) is 30.4 Å². The molecular weight excluding hydrogens is 276 g/mol. The highest BCUT2D eigenvalue weighted by Gasteiger charge is 2.51. The van der Waals surface area contributed by atoms with Gasteiger partial charge in [0, 0.05) is 32.5 Å². The van der Waals surface area contributed by atoms with Gasteiger partial charge in [0.25, 0.3) is 0 Å². The summed E-state index contributed by atoms with van der Waals surface area (Å²) in [5, 5.41) is 0. The highest BCUT2D eigenvalue weighted by molar-refractivity contribution is 5.97. The molecule has 0 radical (unpaired) electrons. The topological polar surface area (TPSA) is 35.5 Å². The summed E-state index contributed by atoms with van der Waals surface area (Å²) in [6.45, 7) is 0. The molecule has 1 fully saturated rings. The van der Waals surface area contributed by atoms with E-state index in [-0.39, 0.29) is 12.2 Å².